The second-order valence-electron chi connectivity index (χ2n) is 5.48. The van der Waals surface area contributed by atoms with Crippen LogP contribution in [-0.4, -0.2) is 12.5 Å². The molecule has 0 aliphatic heterocycles. The molecule has 0 atom stereocenters. The first kappa shape index (κ1) is 16.6. The fourth-order valence-corrected chi connectivity index (χ4v) is 2.63. The zero-order chi connectivity index (χ0) is 16.1. The lowest BCUT2D eigenvalue weighted by Gasteiger charge is -2.10. The number of amides is 1. The first-order chi connectivity index (χ1) is 10.5. The van der Waals surface area contributed by atoms with Crippen molar-refractivity contribution in [3.63, 3.8) is 0 Å². The topological polar surface area (TPSA) is 41.1 Å². The first-order valence-electron chi connectivity index (χ1n) is 7.33. The van der Waals surface area contributed by atoms with Crippen molar-refractivity contribution in [2.75, 3.05) is 17.2 Å². The number of benzene rings is 2. The second kappa shape index (κ2) is 7.45. The van der Waals surface area contributed by atoms with Crippen molar-refractivity contribution in [2.24, 2.45) is 0 Å². The summed E-state index contributed by atoms with van der Waals surface area (Å²) in [6.07, 6.45) is 0.433. The SMILES string of the molecule is Cc1ccc(NCCC(=O)Nc2ccc(Br)cc2C)cc1C. The smallest absolute Gasteiger partial charge is 0.226 e. The van der Waals surface area contributed by atoms with E-state index in [-0.39, 0.29) is 5.91 Å². The molecule has 0 fully saturated rings. The molecule has 0 aromatic heterocycles. The van der Waals surface area contributed by atoms with E-state index in [9.17, 15) is 4.79 Å². The number of carbonyl (C=O) groups excluding carboxylic acids is 1. The molecule has 0 heterocycles. The van der Waals surface area contributed by atoms with Crippen LogP contribution in [0.3, 0.4) is 0 Å². The van der Waals surface area contributed by atoms with Crippen LogP contribution in [0, 0.1) is 20.8 Å². The molecule has 0 aliphatic rings. The molecule has 22 heavy (non-hydrogen) atoms. The predicted octanol–water partition coefficient (Wildman–Crippen LogP) is 4.82. The molecule has 4 heteroatoms. The van der Waals surface area contributed by atoms with E-state index in [1.165, 1.54) is 11.1 Å². The molecule has 2 rings (SSSR count). The van der Waals surface area contributed by atoms with Crippen molar-refractivity contribution in [3.8, 4) is 0 Å². The van der Waals surface area contributed by atoms with E-state index in [1.54, 1.807) is 0 Å². The van der Waals surface area contributed by atoms with Crippen LogP contribution >= 0.6 is 15.9 Å². The summed E-state index contributed by atoms with van der Waals surface area (Å²) in [5, 5.41) is 6.23. The molecule has 0 radical (unpaired) electrons. The highest BCUT2D eigenvalue weighted by Gasteiger charge is 2.05. The van der Waals surface area contributed by atoms with Gasteiger partial charge in [0.1, 0.15) is 0 Å². The Morgan fingerprint density at radius 1 is 1.00 bits per heavy atom. The minimum Gasteiger partial charge on any atom is -0.385 e. The molecule has 0 bridgehead atoms. The van der Waals surface area contributed by atoms with E-state index < -0.39 is 0 Å². The Kier molecular flexibility index (Phi) is 5.61. The maximum atomic E-state index is 12.0. The lowest BCUT2D eigenvalue weighted by Crippen LogP contribution is -2.16. The molecule has 2 aromatic rings. The Bertz CT molecular complexity index is 683. The maximum Gasteiger partial charge on any atom is 0.226 e. The van der Waals surface area contributed by atoms with Crippen molar-refractivity contribution in [1.82, 2.24) is 0 Å². The molecule has 2 N–H and O–H groups in total. The quantitative estimate of drug-likeness (QED) is 0.802. The van der Waals surface area contributed by atoms with Crippen LogP contribution in [0.15, 0.2) is 40.9 Å². The molecule has 0 saturated carbocycles. The molecule has 0 aliphatic carbocycles. The van der Waals surface area contributed by atoms with Crippen LogP contribution in [0.5, 0.6) is 0 Å². The summed E-state index contributed by atoms with van der Waals surface area (Å²) in [5.41, 5.74) is 5.48. The average molecular weight is 361 g/mol. The third kappa shape index (κ3) is 4.60. The van der Waals surface area contributed by atoms with Gasteiger partial charge in [-0.3, -0.25) is 4.79 Å². The second-order valence-corrected chi connectivity index (χ2v) is 6.40. The van der Waals surface area contributed by atoms with Gasteiger partial charge < -0.3 is 10.6 Å². The zero-order valence-corrected chi connectivity index (χ0v) is 14.8. The molecule has 2 aromatic carbocycles. The fourth-order valence-electron chi connectivity index (χ4n) is 2.15. The van der Waals surface area contributed by atoms with E-state index in [2.05, 4.69) is 52.5 Å². The molecular formula is C18H21BrN2O. The molecule has 3 nitrogen and oxygen atoms in total. The Morgan fingerprint density at radius 3 is 2.45 bits per heavy atom. The maximum absolute atomic E-state index is 12.0. The van der Waals surface area contributed by atoms with Gasteiger partial charge in [0.15, 0.2) is 0 Å². The van der Waals surface area contributed by atoms with Gasteiger partial charge in [0, 0.05) is 28.8 Å². The highest BCUT2D eigenvalue weighted by molar-refractivity contribution is 9.10. The van der Waals surface area contributed by atoms with Gasteiger partial charge in [-0.2, -0.15) is 0 Å². The van der Waals surface area contributed by atoms with Crippen LogP contribution in [0.4, 0.5) is 11.4 Å². The number of hydrogen-bond donors (Lipinski definition) is 2. The summed E-state index contributed by atoms with van der Waals surface area (Å²) in [5.74, 6) is 0.0155. The monoisotopic (exact) mass is 360 g/mol. The van der Waals surface area contributed by atoms with Crippen LogP contribution in [0.25, 0.3) is 0 Å². The Morgan fingerprint density at radius 2 is 1.77 bits per heavy atom. The van der Waals surface area contributed by atoms with E-state index in [0.717, 1.165) is 21.4 Å². The summed E-state index contributed by atoms with van der Waals surface area (Å²) >= 11 is 3.42. The Labute approximate surface area is 140 Å². The van der Waals surface area contributed by atoms with Crippen LogP contribution in [-0.2, 0) is 4.79 Å². The molecule has 116 valence electrons. The minimum atomic E-state index is 0.0155. The highest BCUT2D eigenvalue weighted by atomic mass is 79.9. The largest absolute Gasteiger partial charge is 0.385 e. The fraction of sp³-hybridized carbons (Fsp3) is 0.278. The summed E-state index contributed by atoms with van der Waals surface area (Å²) in [6.45, 7) is 6.77. The standard InChI is InChI=1S/C18H21BrN2O/c1-12-4-6-16(11-13(12)2)20-9-8-18(22)21-17-7-5-15(19)10-14(17)3/h4-7,10-11,20H,8-9H2,1-3H3,(H,21,22). The number of halogens is 1. The summed E-state index contributed by atoms with van der Waals surface area (Å²) in [7, 11) is 0. The highest BCUT2D eigenvalue weighted by Crippen LogP contribution is 2.20. The van der Waals surface area contributed by atoms with E-state index in [0.29, 0.717) is 13.0 Å². The first-order valence-corrected chi connectivity index (χ1v) is 8.12. The van der Waals surface area contributed by atoms with Gasteiger partial charge in [-0.05, 0) is 67.8 Å². The summed E-state index contributed by atoms with van der Waals surface area (Å²) in [4.78, 5) is 12.0. The van der Waals surface area contributed by atoms with E-state index in [4.69, 9.17) is 0 Å². The molecule has 0 spiro atoms. The molecular weight excluding hydrogens is 340 g/mol. The average Bonchev–Trinajstić information content (AvgIpc) is 2.46. The predicted molar refractivity (Wildman–Crippen MR) is 96.5 cm³/mol. The Hall–Kier alpha value is -1.81. The molecule has 0 saturated heterocycles. The number of carbonyl (C=O) groups is 1. The number of aryl methyl sites for hydroxylation is 3. The number of anilines is 2. The minimum absolute atomic E-state index is 0.0155. The van der Waals surface area contributed by atoms with Crippen molar-refractivity contribution >= 4 is 33.2 Å². The number of nitrogens with one attached hydrogen (secondary N) is 2. The van der Waals surface area contributed by atoms with E-state index in [1.807, 2.05) is 31.2 Å². The number of hydrogen-bond acceptors (Lipinski definition) is 2. The summed E-state index contributed by atoms with van der Waals surface area (Å²) in [6, 6.07) is 12.1. The van der Waals surface area contributed by atoms with E-state index >= 15 is 0 Å². The van der Waals surface area contributed by atoms with Gasteiger partial charge in [-0.25, -0.2) is 0 Å². The van der Waals surface area contributed by atoms with Crippen LogP contribution in [0.1, 0.15) is 23.1 Å². The van der Waals surface area contributed by atoms with Crippen LogP contribution < -0.4 is 10.6 Å². The van der Waals surface area contributed by atoms with Crippen molar-refractivity contribution in [2.45, 2.75) is 27.2 Å². The van der Waals surface area contributed by atoms with Gasteiger partial charge in [0.25, 0.3) is 0 Å². The third-order valence-corrected chi connectivity index (χ3v) is 4.14. The van der Waals surface area contributed by atoms with Gasteiger partial charge in [-0.15, -0.1) is 0 Å². The normalized spacial score (nSPS) is 10.4. The van der Waals surface area contributed by atoms with Crippen molar-refractivity contribution in [1.29, 1.82) is 0 Å². The number of rotatable bonds is 5. The Balaban J connectivity index is 1.83. The summed E-state index contributed by atoms with van der Waals surface area (Å²) < 4.78 is 1.01. The van der Waals surface area contributed by atoms with Crippen molar-refractivity contribution in [3.05, 3.63) is 57.6 Å². The van der Waals surface area contributed by atoms with Gasteiger partial charge in [-0.1, -0.05) is 22.0 Å². The van der Waals surface area contributed by atoms with Gasteiger partial charge in [0.05, 0.1) is 0 Å². The lowest BCUT2D eigenvalue weighted by molar-refractivity contribution is -0.115. The van der Waals surface area contributed by atoms with Gasteiger partial charge in [0.2, 0.25) is 5.91 Å². The molecule has 1 amide bonds. The zero-order valence-electron chi connectivity index (χ0n) is 13.2. The van der Waals surface area contributed by atoms with Crippen LogP contribution in [0.2, 0.25) is 0 Å². The third-order valence-electron chi connectivity index (χ3n) is 3.65. The van der Waals surface area contributed by atoms with Gasteiger partial charge >= 0.3 is 0 Å². The molecule has 0 unspecified atom stereocenters. The lowest BCUT2D eigenvalue weighted by atomic mass is 10.1. The van der Waals surface area contributed by atoms with Crippen molar-refractivity contribution < 1.29 is 4.79 Å².